The zero-order valence-corrected chi connectivity index (χ0v) is 14.4. The third-order valence-electron chi connectivity index (χ3n) is 4.01. The van der Waals surface area contributed by atoms with E-state index in [1.54, 1.807) is 4.90 Å². The number of nitrogens with zero attached hydrogens (tertiary/aromatic N) is 2. The Morgan fingerprint density at radius 1 is 1.60 bits per heavy atom. The fraction of sp³-hybridized carbons (Fsp3) is 0.600. The fourth-order valence-electron chi connectivity index (χ4n) is 2.65. The first-order chi connectivity index (χ1) is 11.7. The normalized spacial score (nSPS) is 19.1. The Morgan fingerprint density at radius 3 is 2.88 bits per heavy atom. The second-order valence-electron chi connectivity index (χ2n) is 5.82. The molecule has 1 aliphatic heterocycles. The Kier molecular flexibility index (Phi) is 6.47. The number of rotatable bonds is 6. The van der Waals surface area contributed by atoms with Crippen molar-refractivity contribution in [3.63, 3.8) is 0 Å². The first-order valence-electron chi connectivity index (χ1n) is 7.74. The molecule has 1 aliphatic rings. The molecular weight excluding hydrogens is 361 g/mol. The summed E-state index contributed by atoms with van der Waals surface area (Å²) >= 11 is 5.95. The summed E-state index contributed by atoms with van der Waals surface area (Å²) in [7, 11) is 1.49. The van der Waals surface area contributed by atoms with Crippen molar-refractivity contribution >= 4 is 23.3 Å². The number of hydrogen-bond donors (Lipinski definition) is 2. The van der Waals surface area contributed by atoms with E-state index < -0.39 is 11.7 Å². The van der Waals surface area contributed by atoms with Crippen molar-refractivity contribution in [2.24, 2.45) is 5.73 Å². The summed E-state index contributed by atoms with van der Waals surface area (Å²) in [5.41, 5.74) is 4.59. The van der Waals surface area contributed by atoms with E-state index in [4.69, 9.17) is 22.1 Å². The molecule has 2 atom stereocenters. The summed E-state index contributed by atoms with van der Waals surface area (Å²) in [4.78, 5) is 17.6. The van der Waals surface area contributed by atoms with Gasteiger partial charge >= 0.3 is 6.18 Å². The molecule has 10 heteroatoms. The van der Waals surface area contributed by atoms with Crippen LogP contribution in [-0.2, 0) is 15.7 Å². The molecule has 0 aromatic carbocycles. The quantitative estimate of drug-likeness (QED) is 0.786. The second kappa shape index (κ2) is 8.20. The fourth-order valence-corrected chi connectivity index (χ4v) is 2.93. The zero-order chi connectivity index (χ0) is 18.6. The number of methoxy groups -OCH3 is 1. The monoisotopic (exact) mass is 380 g/mol. The lowest BCUT2D eigenvalue weighted by atomic mass is 10.2. The van der Waals surface area contributed by atoms with Crippen LogP contribution in [0.1, 0.15) is 18.4 Å². The third kappa shape index (κ3) is 5.20. The first kappa shape index (κ1) is 19.7. The maximum absolute atomic E-state index is 12.7. The highest BCUT2D eigenvalue weighted by Gasteiger charge is 2.33. The summed E-state index contributed by atoms with van der Waals surface area (Å²) in [5.74, 6) is 0.0961. The third-order valence-corrected chi connectivity index (χ3v) is 4.29. The van der Waals surface area contributed by atoms with Crippen molar-refractivity contribution in [3.8, 4) is 0 Å². The molecule has 2 unspecified atom stereocenters. The first-order valence-corrected chi connectivity index (χ1v) is 8.12. The van der Waals surface area contributed by atoms with Crippen molar-refractivity contribution in [2.45, 2.75) is 31.2 Å². The van der Waals surface area contributed by atoms with E-state index in [0.29, 0.717) is 19.5 Å². The van der Waals surface area contributed by atoms with Crippen LogP contribution < -0.4 is 16.0 Å². The molecule has 3 N–H and O–H groups in total. The summed E-state index contributed by atoms with van der Waals surface area (Å²) in [6.45, 7) is 1.20. The van der Waals surface area contributed by atoms with Crippen LogP contribution in [0.25, 0.3) is 0 Å². The molecule has 1 fully saturated rings. The maximum Gasteiger partial charge on any atom is 0.417 e. The summed E-state index contributed by atoms with van der Waals surface area (Å²) in [6, 6.07) is 0.725. The van der Waals surface area contributed by atoms with Crippen LogP contribution in [0.4, 0.5) is 19.0 Å². The van der Waals surface area contributed by atoms with Crippen LogP contribution in [0, 0.1) is 0 Å². The van der Waals surface area contributed by atoms with Crippen LogP contribution in [0.2, 0.25) is 5.02 Å². The van der Waals surface area contributed by atoms with Gasteiger partial charge in [0, 0.05) is 39.0 Å². The van der Waals surface area contributed by atoms with Gasteiger partial charge in [0.2, 0.25) is 5.91 Å². The van der Waals surface area contributed by atoms with E-state index in [0.717, 1.165) is 12.3 Å². The van der Waals surface area contributed by atoms with E-state index in [-0.39, 0.29) is 41.9 Å². The van der Waals surface area contributed by atoms with Gasteiger partial charge in [0.1, 0.15) is 5.82 Å². The average Bonchev–Trinajstić information content (AvgIpc) is 2.99. The van der Waals surface area contributed by atoms with Crippen molar-refractivity contribution in [1.82, 2.24) is 10.3 Å². The number of alkyl halides is 3. The zero-order valence-electron chi connectivity index (χ0n) is 13.6. The standard InChI is InChI=1S/C15H20ClF3N4O2/c1-25-11(6-20)5-13(24)22-10-2-3-23(8-10)14-12(16)4-9(7-21-14)15(17,18)19/h4,7,10-11H,2-3,5-6,8,20H2,1H3,(H,22,24). The number of nitrogens with two attached hydrogens (primary N) is 1. The molecule has 0 spiro atoms. The van der Waals surface area contributed by atoms with Gasteiger partial charge < -0.3 is 20.7 Å². The van der Waals surface area contributed by atoms with E-state index in [1.807, 2.05) is 0 Å². The SMILES string of the molecule is COC(CN)CC(=O)NC1CCN(c2ncc(C(F)(F)F)cc2Cl)C1. The Labute approximate surface area is 148 Å². The molecule has 25 heavy (non-hydrogen) atoms. The van der Waals surface area contributed by atoms with E-state index >= 15 is 0 Å². The minimum atomic E-state index is -4.49. The molecule has 0 aliphatic carbocycles. The van der Waals surface area contributed by atoms with Gasteiger partial charge in [0.15, 0.2) is 0 Å². The summed E-state index contributed by atoms with van der Waals surface area (Å²) in [5, 5.41) is 2.80. The molecule has 1 saturated heterocycles. The lowest BCUT2D eigenvalue weighted by Crippen LogP contribution is -2.40. The number of amides is 1. The van der Waals surface area contributed by atoms with E-state index in [9.17, 15) is 18.0 Å². The molecule has 6 nitrogen and oxygen atoms in total. The van der Waals surface area contributed by atoms with Gasteiger partial charge in [-0.25, -0.2) is 4.98 Å². The topological polar surface area (TPSA) is 80.5 Å². The van der Waals surface area contributed by atoms with Gasteiger partial charge in [-0.15, -0.1) is 0 Å². The van der Waals surface area contributed by atoms with Gasteiger partial charge in [0.05, 0.1) is 23.1 Å². The number of anilines is 1. The Bertz CT molecular complexity index is 611. The van der Waals surface area contributed by atoms with Gasteiger partial charge in [-0.2, -0.15) is 13.2 Å². The molecule has 0 radical (unpaired) electrons. The van der Waals surface area contributed by atoms with E-state index in [2.05, 4.69) is 10.3 Å². The van der Waals surface area contributed by atoms with Gasteiger partial charge in [0.25, 0.3) is 0 Å². The van der Waals surface area contributed by atoms with Crippen molar-refractivity contribution in [2.75, 3.05) is 31.6 Å². The molecule has 0 bridgehead atoms. The second-order valence-corrected chi connectivity index (χ2v) is 6.23. The van der Waals surface area contributed by atoms with Gasteiger partial charge in [-0.05, 0) is 12.5 Å². The Hall–Kier alpha value is -1.58. The number of hydrogen-bond acceptors (Lipinski definition) is 5. The molecule has 1 amide bonds. The van der Waals surface area contributed by atoms with Crippen LogP contribution in [0.15, 0.2) is 12.3 Å². The highest BCUT2D eigenvalue weighted by molar-refractivity contribution is 6.33. The summed E-state index contributed by atoms with van der Waals surface area (Å²) < 4.78 is 43.1. The highest BCUT2D eigenvalue weighted by Crippen LogP contribution is 2.34. The number of nitrogens with one attached hydrogen (secondary N) is 1. The predicted molar refractivity (Wildman–Crippen MR) is 87.5 cm³/mol. The molecule has 2 heterocycles. The molecular formula is C15H20ClF3N4O2. The van der Waals surface area contributed by atoms with Crippen molar-refractivity contribution in [3.05, 3.63) is 22.8 Å². The lowest BCUT2D eigenvalue weighted by molar-refractivity contribution is -0.137. The highest BCUT2D eigenvalue weighted by atomic mass is 35.5. The maximum atomic E-state index is 12.7. The van der Waals surface area contributed by atoms with Crippen molar-refractivity contribution in [1.29, 1.82) is 0 Å². The average molecular weight is 381 g/mol. The predicted octanol–water partition coefficient (Wildman–Crippen LogP) is 1.81. The molecule has 140 valence electrons. The van der Waals surface area contributed by atoms with E-state index in [1.165, 1.54) is 7.11 Å². The molecule has 0 saturated carbocycles. The van der Waals surface area contributed by atoms with Gasteiger partial charge in [-0.3, -0.25) is 4.79 Å². The summed E-state index contributed by atoms with van der Waals surface area (Å²) in [6.07, 6.45) is -3.27. The minimum absolute atomic E-state index is 0.0654. The Morgan fingerprint density at radius 2 is 2.32 bits per heavy atom. The minimum Gasteiger partial charge on any atom is -0.380 e. The number of carbonyl (C=O) groups is 1. The number of ether oxygens (including phenoxy) is 1. The van der Waals surface area contributed by atoms with Gasteiger partial charge in [-0.1, -0.05) is 11.6 Å². The molecule has 1 aromatic heterocycles. The molecule has 2 rings (SSSR count). The van der Waals surface area contributed by atoms with Crippen molar-refractivity contribution < 1.29 is 22.7 Å². The largest absolute Gasteiger partial charge is 0.417 e. The number of carbonyl (C=O) groups excluding carboxylic acids is 1. The molecule has 1 aromatic rings. The lowest BCUT2D eigenvalue weighted by Gasteiger charge is -2.20. The van der Waals surface area contributed by atoms with Crippen LogP contribution in [-0.4, -0.2) is 49.8 Å². The smallest absolute Gasteiger partial charge is 0.380 e. The number of aromatic nitrogens is 1. The van der Waals surface area contributed by atoms with Crippen LogP contribution >= 0.6 is 11.6 Å². The number of pyridine rings is 1. The van der Waals surface area contributed by atoms with Crippen LogP contribution in [0.5, 0.6) is 0 Å². The number of halogens is 4. The Balaban J connectivity index is 1.95. The van der Waals surface area contributed by atoms with Crippen LogP contribution in [0.3, 0.4) is 0 Å².